The van der Waals surface area contributed by atoms with Gasteiger partial charge >= 0.3 is 0 Å². The summed E-state index contributed by atoms with van der Waals surface area (Å²) in [5, 5.41) is 36.4. The molecular formula is C6H11IO5. The van der Waals surface area contributed by atoms with Gasteiger partial charge in [-0.2, -0.15) is 0 Å². The normalized spacial score (nSPS) is 49.2. The quantitative estimate of drug-likeness (QED) is 0.339. The molecule has 1 heterocycles. The van der Waals surface area contributed by atoms with Gasteiger partial charge in [0.05, 0.1) is 6.61 Å². The zero-order valence-electron chi connectivity index (χ0n) is 6.17. The van der Waals surface area contributed by atoms with Crippen LogP contribution in [0.25, 0.3) is 0 Å². The van der Waals surface area contributed by atoms with Crippen molar-refractivity contribution in [2.45, 2.75) is 28.5 Å². The number of ether oxygens (including phenoxy) is 1. The van der Waals surface area contributed by atoms with Gasteiger partial charge in [0, 0.05) is 0 Å². The number of hydrogen-bond donors (Lipinski definition) is 4. The van der Waals surface area contributed by atoms with E-state index in [4.69, 9.17) is 9.84 Å². The predicted molar refractivity (Wildman–Crippen MR) is 47.8 cm³/mol. The van der Waals surface area contributed by atoms with Crippen LogP contribution in [0.3, 0.4) is 0 Å². The fourth-order valence-corrected chi connectivity index (χ4v) is 1.86. The highest BCUT2D eigenvalue weighted by molar-refractivity contribution is 14.1. The molecule has 0 bridgehead atoms. The third-order valence-electron chi connectivity index (χ3n) is 1.83. The van der Waals surface area contributed by atoms with Crippen LogP contribution in [-0.4, -0.2) is 55.6 Å². The Balaban J connectivity index is 2.63. The highest BCUT2D eigenvalue weighted by atomic mass is 127. The fraction of sp³-hybridized carbons (Fsp3) is 1.00. The number of rotatable bonds is 1. The van der Waals surface area contributed by atoms with Gasteiger partial charge < -0.3 is 25.2 Å². The molecular weight excluding hydrogens is 279 g/mol. The van der Waals surface area contributed by atoms with Gasteiger partial charge in [0.1, 0.15) is 28.5 Å². The van der Waals surface area contributed by atoms with Crippen molar-refractivity contribution in [3.8, 4) is 0 Å². The van der Waals surface area contributed by atoms with Gasteiger partial charge in [-0.1, -0.05) is 0 Å². The minimum absolute atomic E-state index is 0.371. The highest BCUT2D eigenvalue weighted by Crippen LogP contribution is 2.24. The molecule has 0 spiro atoms. The average Bonchev–Trinajstić information content (AvgIpc) is 2.08. The number of hydrogen-bond acceptors (Lipinski definition) is 5. The Kier molecular flexibility index (Phi) is 3.68. The maximum absolute atomic E-state index is 9.23. The first-order valence-electron chi connectivity index (χ1n) is 3.52. The minimum Gasteiger partial charge on any atom is -0.394 e. The molecule has 1 fully saturated rings. The average molecular weight is 290 g/mol. The van der Waals surface area contributed by atoms with E-state index < -0.39 is 28.5 Å². The first-order valence-corrected chi connectivity index (χ1v) is 4.77. The van der Waals surface area contributed by atoms with Crippen LogP contribution < -0.4 is 0 Å². The molecule has 0 aliphatic carbocycles. The topological polar surface area (TPSA) is 90.2 Å². The molecule has 5 nitrogen and oxygen atoms in total. The lowest BCUT2D eigenvalue weighted by atomic mass is 10.0. The Bertz CT molecular complexity index is 150. The van der Waals surface area contributed by atoms with Crippen molar-refractivity contribution >= 4 is 22.6 Å². The third kappa shape index (κ3) is 1.88. The second-order valence-electron chi connectivity index (χ2n) is 2.68. The Morgan fingerprint density at radius 1 is 1.08 bits per heavy atom. The van der Waals surface area contributed by atoms with Crippen molar-refractivity contribution in [2.75, 3.05) is 6.61 Å². The summed E-state index contributed by atoms with van der Waals surface area (Å²) in [6.07, 6.45) is -4.40. The first-order chi connectivity index (χ1) is 5.57. The van der Waals surface area contributed by atoms with Gasteiger partial charge in [-0.05, 0) is 22.6 Å². The van der Waals surface area contributed by atoms with Crippen molar-refractivity contribution in [1.29, 1.82) is 0 Å². The summed E-state index contributed by atoms with van der Waals surface area (Å²) in [4.78, 5) is 0. The molecule has 0 saturated carbocycles. The Morgan fingerprint density at radius 2 is 1.67 bits per heavy atom. The van der Waals surface area contributed by atoms with Crippen LogP contribution >= 0.6 is 22.6 Å². The van der Waals surface area contributed by atoms with Crippen molar-refractivity contribution < 1.29 is 25.2 Å². The Labute approximate surface area is 83.1 Å². The van der Waals surface area contributed by atoms with E-state index in [9.17, 15) is 15.3 Å². The van der Waals surface area contributed by atoms with E-state index >= 15 is 0 Å². The summed E-state index contributed by atoms with van der Waals surface area (Å²) >= 11 is 1.79. The summed E-state index contributed by atoms with van der Waals surface area (Å²) in [5.41, 5.74) is 0. The summed E-state index contributed by atoms with van der Waals surface area (Å²) in [6.45, 7) is -0.371. The molecule has 12 heavy (non-hydrogen) atoms. The van der Waals surface area contributed by atoms with Crippen LogP contribution in [0.1, 0.15) is 0 Å². The van der Waals surface area contributed by atoms with Gasteiger partial charge in [0.25, 0.3) is 0 Å². The monoisotopic (exact) mass is 290 g/mol. The van der Waals surface area contributed by atoms with E-state index in [1.165, 1.54) is 0 Å². The smallest absolute Gasteiger partial charge is 0.137 e. The standard InChI is InChI=1S/C6H11IO5/c7-6-5(11)4(10)3(9)2(1-8)12-6/h2-6,8-11H,1H2/t2?,3-,4?,5?,6+/m0/s1. The van der Waals surface area contributed by atoms with Crippen LogP contribution in [0.2, 0.25) is 0 Å². The minimum atomic E-state index is -1.25. The molecule has 6 heteroatoms. The highest BCUT2D eigenvalue weighted by Gasteiger charge is 2.42. The van der Waals surface area contributed by atoms with Gasteiger partial charge in [-0.25, -0.2) is 0 Å². The van der Waals surface area contributed by atoms with Crippen LogP contribution in [0.15, 0.2) is 0 Å². The first kappa shape index (κ1) is 10.6. The van der Waals surface area contributed by atoms with E-state index in [1.54, 1.807) is 22.6 Å². The number of aliphatic hydroxyl groups is 4. The predicted octanol–water partition coefficient (Wildman–Crippen LogP) is -1.78. The second-order valence-corrected chi connectivity index (χ2v) is 3.91. The molecule has 72 valence electrons. The molecule has 0 aromatic rings. The zero-order valence-corrected chi connectivity index (χ0v) is 8.33. The van der Waals surface area contributed by atoms with Gasteiger partial charge in [0.2, 0.25) is 0 Å². The van der Waals surface area contributed by atoms with Crippen LogP contribution in [0.5, 0.6) is 0 Å². The van der Waals surface area contributed by atoms with Crippen molar-refractivity contribution in [3.05, 3.63) is 0 Å². The molecule has 1 saturated heterocycles. The molecule has 3 unspecified atom stereocenters. The van der Waals surface area contributed by atoms with Crippen LogP contribution in [-0.2, 0) is 4.74 Å². The number of aliphatic hydroxyl groups excluding tert-OH is 4. The summed E-state index contributed by atoms with van der Waals surface area (Å²) in [5.74, 6) is 0. The lowest BCUT2D eigenvalue weighted by Crippen LogP contribution is -2.56. The summed E-state index contributed by atoms with van der Waals surface area (Å²) < 4.78 is 4.41. The third-order valence-corrected chi connectivity index (χ3v) is 2.86. The maximum atomic E-state index is 9.23. The van der Waals surface area contributed by atoms with E-state index in [2.05, 4.69) is 0 Å². The lowest BCUT2D eigenvalue weighted by molar-refractivity contribution is -0.201. The Hall–Kier alpha value is 0.530. The van der Waals surface area contributed by atoms with E-state index in [-0.39, 0.29) is 6.61 Å². The summed E-state index contributed by atoms with van der Waals surface area (Å²) in [7, 11) is 0. The molecule has 4 N–H and O–H groups in total. The van der Waals surface area contributed by atoms with Gasteiger partial charge in [-0.15, -0.1) is 0 Å². The zero-order chi connectivity index (χ0) is 9.30. The van der Waals surface area contributed by atoms with Crippen LogP contribution in [0, 0.1) is 0 Å². The molecule has 0 radical (unpaired) electrons. The fourth-order valence-electron chi connectivity index (χ4n) is 1.06. The van der Waals surface area contributed by atoms with Crippen molar-refractivity contribution in [1.82, 2.24) is 0 Å². The Morgan fingerprint density at radius 3 is 2.17 bits per heavy atom. The van der Waals surface area contributed by atoms with Gasteiger partial charge in [-0.3, -0.25) is 0 Å². The molecule has 0 aromatic carbocycles. The molecule has 1 rings (SSSR count). The maximum Gasteiger partial charge on any atom is 0.137 e. The van der Waals surface area contributed by atoms with E-state index in [1.807, 2.05) is 0 Å². The van der Waals surface area contributed by atoms with Crippen molar-refractivity contribution in [3.63, 3.8) is 0 Å². The number of halogens is 1. The number of alkyl halides is 1. The SMILES string of the molecule is OCC1O[C@@H](I)C(O)C(O)[C@H]1O. The lowest BCUT2D eigenvalue weighted by Gasteiger charge is -2.37. The van der Waals surface area contributed by atoms with Gasteiger partial charge in [0.15, 0.2) is 0 Å². The summed E-state index contributed by atoms with van der Waals surface area (Å²) in [6, 6.07) is 0. The van der Waals surface area contributed by atoms with Crippen molar-refractivity contribution in [2.24, 2.45) is 0 Å². The van der Waals surface area contributed by atoms with E-state index in [0.717, 1.165) is 0 Å². The second kappa shape index (κ2) is 4.16. The largest absolute Gasteiger partial charge is 0.394 e. The molecule has 5 atom stereocenters. The molecule has 1 aliphatic heterocycles. The van der Waals surface area contributed by atoms with Crippen LogP contribution in [0.4, 0.5) is 0 Å². The molecule has 0 aromatic heterocycles. The van der Waals surface area contributed by atoms with E-state index in [0.29, 0.717) is 0 Å². The molecule has 1 aliphatic rings. The molecule has 0 amide bonds.